The number of hydrogen-bond acceptors (Lipinski definition) is 0. The van der Waals surface area contributed by atoms with E-state index in [1.807, 2.05) is 6.07 Å². The quantitative estimate of drug-likeness (QED) is 0.544. The average Bonchev–Trinajstić information content (AvgIpc) is 2.62. The van der Waals surface area contributed by atoms with Crippen LogP contribution in [0.2, 0.25) is 0 Å². The fraction of sp³-hybridized carbons (Fsp3) is 0.727. The molecule has 1 radical (unpaired) electrons. The Morgan fingerprint density at radius 3 is 1.96 bits per heavy atom. The van der Waals surface area contributed by atoms with Crippen molar-refractivity contribution in [2.24, 2.45) is 0 Å². The Bertz CT molecular complexity index is 493. The van der Waals surface area contributed by atoms with Gasteiger partial charge in [0.15, 0.2) is 5.75 Å². The molecule has 2 saturated carbocycles. The van der Waals surface area contributed by atoms with E-state index in [-0.39, 0.29) is 0 Å². The van der Waals surface area contributed by atoms with Crippen LogP contribution >= 0.6 is 0 Å². The van der Waals surface area contributed by atoms with Gasteiger partial charge in [0.05, 0.1) is 0 Å². The van der Waals surface area contributed by atoms with Gasteiger partial charge in [-0.1, -0.05) is 57.9 Å². The Balaban J connectivity index is 1.99. The van der Waals surface area contributed by atoms with Crippen molar-refractivity contribution >= 4 is 0 Å². The maximum atomic E-state index is 12.8. The molecule has 2 aliphatic rings. The lowest BCUT2D eigenvalue weighted by atomic mass is 9.73. The molecule has 0 N–H and O–H groups in total. The van der Waals surface area contributed by atoms with Crippen molar-refractivity contribution in [2.45, 2.75) is 102 Å². The van der Waals surface area contributed by atoms with E-state index in [1.165, 1.54) is 100 Å². The second-order valence-corrected chi connectivity index (χ2v) is 7.82. The molecule has 1 heteroatoms. The number of hydrogen-bond donors (Lipinski definition) is 0. The van der Waals surface area contributed by atoms with Crippen molar-refractivity contribution < 1.29 is 5.11 Å². The summed E-state index contributed by atoms with van der Waals surface area (Å²) in [6, 6.07) is 4.06. The minimum atomic E-state index is 0.345. The molecule has 23 heavy (non-hydrogen) atoms. The van der Waals surface area contributed by atoms with Crippen LogP contribution < -0.4 is 0 Å². The third-order valence-electron chi connectivity index (χ3n) is 6.16. The van der Waals surface area contributed by atoms with E-state index in [1.54, 1.807) is 0 Å². The van der Waals surface area contributed by atoms with Gasteiger partial charge in [0.25, 0.3) is 0 Å². The molecule has 3 rings (SSSR count). The van der Waals surface area contributed by atoms with Crippen LogP contribution in [0.15, 0.2) is 12.1 Å². The highest BCUT2D eigenvalue weighted by Crippen LogP contribution is 2.46. The largest absolute Gasteiger partial charge is 0.290 e. The van der Waals surface area contributed by atoms with Crippen LogP contribution in [0.5, 0.6) is 5.75 Å². The molecule has 0 aromatic heterocycles. The lowest BCUT2D eigenvalue weighted by Gasteiger charge is -2.31. The minimum Gasteiger partial charge on any atom is -0.290 e. The maximum Gasteiger partial charge on any atom is 0.182 e. The Kier molecular flexibility index (Phi) is 6.02. The molecule has 0 heterocycles. The summed E-state index contributed by atoms with van der Waals surface area (Å²) >= 11 is 0. The summed E-state index contributed by atoms with van der Waals surface area (Å²) in [6.45, 7) is 2.27. The van der Waals surface area contributed by atoms with Crippen LogP contribution in [0.3, 0.4) is 0 Å². The van der Waals surface area contributed by atoms with Crippen LogP contribution in [0, 0.1) is 0 Å². The molecule has 127 valence electrons. The highest BCUT2D eigenvalue weighted by Gasteiger charge is 2.29. The van der Waals surface area contributed by atoms with Crippen LogP contribution in [0.25, 0.3) is 0 Å². The zero-order valence-corrected chi connectivity index (χ0v) is 14.9. The SMILES string of the molecule is CCCCc1ccc([O])c(C2CCCCC2)c1C1CCCCC1. The summed E-state index contributed by atoms with van der Waals surface area (Å²) in [5.41, 5.74) is 4.29. The van der Waals surface area contributed by atoms with Gasteiger partial charge in [0.2, 0.25) is 0 Å². The first kappa shape index (κ1) is 16.9. The first-order valence-corrected chi connectivity index (χ1v) is 10.1. The fourth-order valence-corrected chi connectivity index (χ4v) is 4.93. The van der Waals surface area contributed by atoms with Crippen molar-refractivity contribution in [3.8, 4) is 5.75 Å². The van der Waals surface area contributed by atoms with Gasteiger partial charge in [0.1, 0.15) is 0 Å². The normalized spacial score (nSPS) is 20.7. The lowest BCUT2D eigenvalue weighted by Crippen LogP contribution is -2.15. The van der Waals surface area contributed by atoms with Gasteiger partial charge in [0, 0.05) is 5.56 Å². The molecule has 0 amide bonds. The first-order chi connectivity index (χ1) is 11.3. The monoisotopic (exact) mass is 313 g/mol. The zero-order chi connectivity index (χ0) is 16.1. The summed E-state index contributed by atoms with van der Waals surface area (Å²) < 4.78 is 0. The highest BCUT2D eigenvalue weighted by atomic mass is 16.3. The molecule has 0 saturated heterocycles. The number of benzene rings is 1. The smallest absolute Gasteiger partial charge is 0.182 e. The number of aryl methyl sites for hydroxylation is 1. The van der Waals surface area contributed by atoms with E-state index in [0.717, 1.165) is 0 Å². The minimum absolute atomic E-state index is 0.345. The lowest BCUT2D eigenvalue weighted by molar-refractivity contribution is 0.333. The topological polar surface area (TPSA) is 19.9 Å². The highest BCUT2D eigenvalue weighted by molar-refractivity contribution is 5.49. The number of rotatable bonds is 5. The molecule has 0 unspecified atom stereocenters. The summed E-state index contributed by atoms with van der Waals surface area (Å²) in [5, 5.41) is 12.8. The summed E-state index contributed by atoms with van der Waals surface area (Å²) in [7, 11) is 0. The van der Waals surface area contributed by atoms with Crippen molar-refractivity contribution in [3.63, 3.8) is 0 Å². The van der Waals surface area contributed by atoms with Crippen LogP contribution in [-0.4, -0.2) is 0 Å². The van der Waals surface area contributed by atoms with Gasteiger partial charge in [-0.2, -0.15) is 0 Å². The molecule has 2 fully saturated rings. The van der Waals surface area contributed by atoms with E-state index in [4.69, 9.17) is 0 Å². The zero-order valence-electron chi connectivity index (χ0n) is 14.9. The van der Waals surface area contributed by atoms with Gasteiger partial charge in [-0.3, -0.25) is 5.11 Å². The summed E-state index contributed by atoms with van der Waals surface area (Å²) in [4.78, 5) is 0. The Labute approximate surface area is 142 Å². The molecule has 0 spiro atoms. The third kappa shape index (κ3) is 3.92. The molecule has 1 aromatic rings. The Morgan fingerprint density at radius 2 is 1.39 bits per heavy atom. The second-order valence-electron chi connectivity index (χ2n) is 7.82. The van der Waals surface area contributed by atoms with Gasteiger partial charge in [-0.05, 0) is 67.6 Å². The predicted octanol–water partition coefficient (Wildman–Crippen LogP) is 7.27. The van der Waals surface area contributed by atoms with E-state index in [9.17, 15) is 5.11 Å². The summed E-state index contributed by atoms with van der Waals surface area (Å²) in [5.74, 6) is 1.56. The Morgan fingerprint density at radius 1 is 0.826 bits per heavy atom. The first-order valence-electron chi connectivity index (χ1n) is 10.1. The van der Waals surface area contributed by atoms with E-state index in [0.29, 0.717) is 17.6 Å². The van der Waals surface area contributed by atoms with Gasteiger partial charge >= 0.3 is 0 Å². The third-order valence-corrected chi connectivity index (χ3v) is 6.16. The maximum absolute atomic E-state index is 12.8. The number of unbranched alkanes of at least 4 members (excludes halogenated alkanes) is 1. The van der Waals surface area contributed by atoms with Crippen molar-refractivity contribution in [1.82, 2.24) is 0 Å². The van der Waals surface area contributed by atoms with E-state index in [2.05, 4.69) is 13.0 Å². The molecule has 0 bridgehead atoms. The van der Waals surface area contributed by atoms with Crippen LogP contribution in [-0.2, 0) is 11.5 Å². The molecule has 1 nitrogen and oxygen atoms in total. The van der Waals surface area contributed by atoms with E-state index < -0.39 is 0 Å². The van der Waals surface area contributed by atoms with Gasteiger partial charge < -0.3 is 0 Å². The average molecular weight is 314 g/mol. The van der Waals surface area contributed by atoms with Crippen LogP contribution in [0.1, 0.15) is 112 Å². The fourth-order valence-electron chi connectivity index (χ4n) is 4.93. The molecule has 0 aliphatic heterocycles. The van der Waals surface area contributed by atoms with E-state index >= 15 is 0 Å². The van der Waals surface area contributed by atoms with Crippen molar-refractivity contribution in [1.29, 1.82) is 0 Å². The Hall–Kier alpha value is -0.980. The molecule has 2 aliphatic carbocycles. The molecular weight excluding hydrogens is 280 g/mol. The van der Waals surface area contributed by atoms with Crippen molar-refractivity contribution in [2.75, 3.05) is 0 Å². The summed E-state index contributed by atoms with van der Waals surface area (Å²) in [6.07, 6.45) is 16.8. The predicted molar refractivity (Wildman–Crippen MR) is 96.8 cm³/mol. The van der Waals surface area contributed by atoms with Crippen molar-refractivity contribution in [3.05, 3.63) is 28.8 Å². The standard InChI is InChI=1S/C22H33O/c1-2-3-10-19-15-16-20(23)22(18-13-8-5-9-14-18)21(19)17-11-6-4-7-12-17/h15-18H,2-14H2,1H3. The van der Waals surface area contributed by atoms with Gasteiger partial charge in [-0.25, -0.2) is 0 Å². The second kappa shape index (κ2) is 8.22. The van der Waals surface area contributed by atoms with Crippen LogP contribution in [0.4, 0.5) is 0 Å². The van der Waals surface area contributed by atoms with Gasteiger partial charge in [-0.15, -0.1) is 0 Å². The molecule has 1 aromatic carbocycles. The molecular formula is C22H33O. The molecule has 0 atom stereocenters.